The molecular weight excluding hydrogens is 353 g/mol. The van der Waals surface area contributed by atoms with Gasteiger partial charge in [-0.15, -0.1) is 0 Å². The summed E-state index contributed by atoms with van der Waals surface area (Å²) in [5.74, 6) is 0.319. The molecule has 2 aromatic rings. The van der Waals surface area contributed by atoms with Crippen molar-refractivity contribution in [3.63, 3.8) is 0 Å². The fourth-order valence-electron chi connectivity index (χ4n) is 3.81. The number of carbonyl (C=O) groups excluding carboxylic acids is 1. The van der Waals surface area contributed by atoms with Crippen molar-refractivity contribution in [1.82, 2.24) is 15.2 Å². The molecule has 3 rings (SSSR count). The van der Waals surface area contributed by atoms with Crippen molar-refractivity contribution in [2.24, 2.45) is 5.92 Å². The van der Waals surface area contributed by atoms with Crippen molar-refractivity contribution in [2.75, 3.05) is 0 Å². The molecule has 5 heteroatoms. The first-order valence-electron chi connectivity index (χ1n) is 9.78. The van der Waals surface area contributed by atoms with Gasteiger partial charge in [0.2, 0.25) is 0 Å². The maximum absolute atomic E-state index is 12.3. The lowest BCUT2D eigenvalue weighted by Crippen LogP contribution is -2.30. The standard InChI is InChI=1S/C23H28FN3O/c1-15(2)22-21-20(11-19(12-25-21)23(28)26-16(3)4)14-27(22)13-18-7-5-17(6-8-18)9-10-24/h5-12,15-16,22H,13-14H2,1-4H3,(H,26,28)/b10-9-/t22-/m0/s1. The summed E-state index contributed by atoms with van der Waals surface area (Å²) in [6.07, 6.45) is 3.69. The van der Waals surface area contributed by atoms with Crippen molar-refractivity contribution in [3.05, 3.63) is 70.8 Å². The van der Waals surface area contributed by atoms with Crippen molar-refractivity contribution in [1.29, 1.82) is 0 Å². The zero-order chi connectivity index (χ0) is 20.3. The van der Waals surface area contributed by atoms with Gasteiger partial charge in [-0.2, -0.15) is 0 Å². The quantitative estimate of drug-likeness (QED) is 0.776. The Kier molecular flexibility index (Phi) is 6.25. The summed E-state index contributed by atoms with van der Waals surface area (Å²) in [5, 5.41) is 2.93. The number of rotatable bonds is 6. The number of amides is 1. The van der Waals surface area contributed by atoms with Gasteiger partial charge in [-0.3, -0.25) is 14.7 Å². The molecule has 1 N–H and O–H groups in total. The fraction of sp³-hybridized carbons (Fsp3) is 0.391. The third kappa shape index (κ3) is 4.47. The summed E-state index contributed by atoms with van der Waals surface area (Å²) >= 11 is 0. The van der Waals surface area contributed by atoms with E-state index in [-0.39, 0.29) is 18.0 Å². The van der Waals surface area contributed by atoms with Crippen LogP contribution in [0.1, 0.15) is 66.5 Å². The highest BCUT2D eigenvalue weighted by Gasteiger charge is 2.34. The van der Waals surface area contributed by atoms with Gasteiger partial charge in [-0.25, -0.2) is 4.39 Å². The van der Waals surface area contributed by atoms with Gasteiger partial charge in [-0.05, 0) is 48.6 Å². The molecule has 1 aromatic heterocycles. The van der Waals surface area contributed by atoms with Crippen LogP contribution >= 0.6 is 0 Å². The summed E-state index contributed by atoms with van der Waals surface area (Å²) in [6, 6.07) is 10.2. The van der Waals surface area contributed by atoms with E-state index in [9.17, 15) is 9.18 Å². The van der Waals surface area contributed by atoms with Gasteiger partial charge in [0.05, 0.1) is 23.6 Å². The summed E-state index contributed by atoms with van der Waals surface area (Å²) in [5.41, 5.74) is 4.81. The number of hydrogen-bond acceptors (Lipinski definition) is 3. The monoisotopic (exact) mass is 381 g/mol. The zero-order valence-corrected chi connectivity index (χ0v) is 16.9. The Hall–Kier alpha value is -2.53. The molecule has 0 unspecified atom stereocenters. The van der Waals surface area contributed by atoms with Crippen LogP contribution in [0.2, 0.25) is 0 Å². The molecule has 1 aromatic carbocycles. The third-order valence-corrected chi connectivity index (χ3v) is 4.98. The Balaban J connectivity index is 1.81. The van der Waals surface area contributed by atoms with E-state index in [4.69, 9.17) is 0 Å². The molecule has 0 radical (unpaired) electrons. The molecule has 148 valence electrons. The number of nitrogens with one attached hydrogen (secondary N) is 1. The largest absolute Gasteiger partial charge is 0.350 e. The number of fused-ring (bicyclic) bond motifs is 1. The Morgan fingerprint density at radius 1 is 1.29 bits per heavy atom. The Morgan fingerprint density at radius 2 is 2.00 bits per heavy atom. The first kappa shape index (κ1) is 20.2. The predicted molar refractivity (Wildman–Crippen MR) is 110 cm³/mol. The van der Waals surface area contributed by atoms with Gasteiger partial charge >= 0.3 is 0 Å². The van der Waals surface area contributed by atoms with Gasteiger partial charge < -0.3 is 5.32 Å². The van der Waals surface area contributed by atoms with Crippen molar-refractivity contribution in [2.45, 2.75) is 52.9 Å². The number of hydrogen-bond donors (Lipinski definition) is 1. The Morgan fingerprint density at radius 3 is 2.61 bits per heavy atom. The summed E-state index contributed by atoms with van der Waals surface area (Å²) < 4.78 is 12.3. The van der Waals surface area contributed by atoms with E-state index in [0.29, 0.717) is 17.8 Å². The Bertz CT molecular complexity index is 859. The van der Waals surface area contributed by atoms with Crippen molar-refractivity contribution in [3.8, 4) is 0 Å². The lowest BCUT2D eigenvalue weighted by Gasteiger charge is -2.27. The number of nitrogens with zero attached hydrogens (tertiary/aromatic N) is 2. The average molecular weight is 381 g/mol. The Labute approximate surface area is 166 Å². The first-order chi connectivity index (χ1) is 13.4. The fourth-order valence-corrected chi connectivity index (χ4v) is 3.81. The second-order valence-electron chi connectivity index (χ2n) is 8.02. The molecule has 0 bridgehead atoms. The lowest BCUT2D eigenvalue weighted by molar-refractivity contribution is 0.0942. The van der Waals surface area contributed by atoms with Crippen LogP contribution in [0.4, 0.5) is 4.39 Å². The molecular formula is C23H28FN3O. The molecule has 0 fully saturated rings. The van der Waals surface area contributed by atoms with E-state index >= 15 is 0 Å². The van der Waals surface area contributed by atoms with E-state index in [1.807, 2.05) is 44.2 Å². The maximum atomic E-state index is 12.3. The smallest absolute Gasteiger partial charge is 0.253 e. The minimum Gasteiger partial charge on any atom is -0.350 e. The first-order valence-corrected chi connectivity index (χ1v) is 9.78. The zero-order valence-electron chi connectivity index (χ0n) is 16.9. The molecule has 1 amide bonds. The van der Waals surface area contributed by atoms with Gasteiger partial charge in [0.25, 0.3) is 5.91 Å². The lowest BCUT2D eigenvalue weighted by atomic mass is 9.99. The minimum absolute atomic E-state index is 0.0821. The number of benzene rings is 1. The number of aromatic nitrogens is 1. The number of pyridine rings is 1. The van der Waals surface area contributed by atoms with Crippen LogP contribution < -0.4 is 5.32 Å². The van der Waals surface area contributed by atoms with Crippen molar-refractivity contribution < 1.29 is 9.18 Å². The maximum Gasteiger partial charge on any atom is 0.253 e. The van der Waals surface area contributed by atoms with Crippen LogP contribution in [0.25, 0.3) is 6.08 Å². The van der Waals surface area contributed by atoms with Crippen LogP contribution in [-0.2, 0) is 13.1 Å². The topological polar surface area (TPSA) is 45.2 Å². The molecule has 2 heterocycles. The van der Waals surface area contributed by atoms with E-state index in [2.05, 4.69) is 29.0 Å². The van der Waals surface area contributed by atoms with Gasteiger partial charge in [0.1, 0.15) is 0 Å². The number of halogens is 1. The van der Waals surface area contributed by atoms with Crippen LogP contribution in [0, 0.1) is 5.92 Å². The average Bonchev–Trinajstić information content (AvgIpc) is 3.00. The van der Waals surface area contributed by atoms with Gasteiger partial charge in [0, 0.05) is 25.3 Å². The highest BCUT2D eigenvalue weighted by Crippen LogP contribution is 2.38. The molecule has 28 heavy (non-hydrogen) atoms. The number of carbonyl (C=O) groups is 1. The molecule has 0 saturated heterocycles. The SMILES string of the molecule is CC(C)NC(=O)c1cnc2c(c1)CN(Cc1ccc(/C=C\F)cc1)[C@H]2C(C)C. The summed E-state index contributed by atoms with van der Waals surface area (Å²) in [7, 11) is 0. The normalized spacial score (nSPS) is 16.9. The van der Waals surface area contributed by atoms with E-state index < -0.39 is 0 Å². The molecule has 0 saturated carbocycles. The van der Waals surface area contributed by atoms with Gasteiger partial charge in [-0.1, -0.05) is 38.1 Å². The third-order valence-electron chi connectivity index (χ3n) is 4.98. The highest BCUT2D eigenvalue weighted by molar-refractivity contribution is 5.94. The second-order valence-corrected chi connectivity index (χ2v) is 8.02. The highest BCUT2D eigenvalue weighted by atomic mass is 19.1. The second kappa shape index (κ2) is 8.65. The van der Waals surface area contributed by atoms with Crippen LogP contribution in [-0.4, -0.2) is 21.8 Å². The molecule has 1 aliphatic heterocycles. The molecule has 4 nitrogen and oxygen atoms in total. The van der Waals surface area contributed by atoms with Crippen molar-refractivity contribution >= 4 is 12.0 Å². The van der Waals surface area contributed by atoms with Gasteiger partial charge in [0.15, 0.2) is 0 Å². The predicted octanol–water partition coefficient (Wildman–Crippen LogP) is 4.87. The van der Waals surface area contributed by atoms with E-state index in [0.717, 1.165) is 29.9 Å². The molecule has 0 aliphatic carbocycles. The molecule has 1 atom stereocenters. The summed E-state index contributed by atoms with van der Waals surface area (Å²) in [6.45, 7) is 9.84. The summed E-state index contributed by atoms with van der Waals surface area (Å²) in [4.78, 5) is 19.4. The minimum atomic E-state index is -0.0821. The van der Waals surface area contributed by atoms with Crippen LogP contribution in [0.3, 0.4) is 0 Å². The van der Waals surface area contributed by atoms with Crippen LogP contribution in [0.15, 0.2) is 42.9 Å². The van der Waals surface area contributed by atoms with E-state index in [1.54, 1.807) is 6.20 Å². The molecule has 0 spiro atoms. The molecule has 1 aliphatic rings. The van der Waals surface area contributed by atoms with E-state index in [1.165, 1.54) is 11.6 Å². The van der Waals surface area contributed by atoms with Crippen LogP contribution in [0.5, 0.6) is 0 Å².